The van der Waals surface area contributed by atoms with E-state index in [1.807, 2.05) is 19.0 Å². The van der Waals surface area contributed by atoms with Crippen LogP contribution >= 0.6 is 11.3 Å². The van der Waals surface area contributed by atoms with E-state index in [4.69, 9.17) is 9.47 Å². The summed E-state index contributed by atoms with van der Waals surface area (Å²) < 4.78 is 11.0. The highest BCUT2D eigenvalue weighted by Gasteiger charge is 2.26. The summed E-state index contributed by atoms with van der Waals surface area (Å²) in [6, 6.07) is 2.15. The first kappa shape index (κ1) is 17.4. The van der Waals surface area contributed by atoms with Crippen LogP contribution in [0.5, 0.6) is 0 Å². The molecule has 2 heterocycles. The number of hydrogen-bond donors (Lipinski definition) is 0. The van der Waals surface area contributed by atoms with Gasteiger partial charge in [0.1, 0.15) is 6.10 Å². The molecule has 1 atom stereocenters. The summed E-state index contributed by atoms with van der Waals surface area (Å²) in [5.74, 6) is 0.144. The van der Waals surface area contributed by atoms with Gasteiger partial charge >= 0.3 is 0 Å². The van der Waals surface area contributed by atoms with E-state index in [0.29, 0.717) is 26.2 Å². The Kier molecular flexibility index (Phi) is 6.82. The Hall–Kier alpha value is -0.950. The van der Waals surface area contributed by atoms with Crippen molar-refractivity contribution in [3.05, 3.63) is 21.9 Å². The molecule has 1 aromatic rings. The average molecular weight is 326 g/mol. The number of hydrogen-bond acceptors (Lipinski definition) is 5. The third kappa shape index (κ3) is 4.78. The SMILES string of the molecule is COCCN(CCN(C)C)C(=O)CC1OCCc2ccsc21. The number of methoxy groups -OCH3 is 1. The van der Waals surface area contributed by atoms with Crippen LogP contribution in [0.2, 0.25) is 0 Å². The van der Waals surface area contributed by atoms with Crippen molar-refractivity contribution in [2.24, 2.45) is 0 Å². The van der Waals surface area contributed by atoms with E-state index in [0.717, 1.165) is 19.5 Å². The zero-order valence-corrected chi connectivity index (χ0v) is 14.5. The molecule has 0 radical (unpaired) electrons. The highest BCUT2D eigenvalue weighted by Crippen LogP contribution is 2.34. The van der Waals surface area contributed by atoms with Crippen LogP contribution in [0.1, 0.15) is 23.0 Å². The van der Waals surface area contributed by atoms with Gasteiger partial charge in [-0.05, 0) is 37.5 Å². The van der Waals surface area contributed by atoms with Gasteiger partial charge in [0.15, 0.2) is 0 Å². The molecule has 0 spiro atoms. The zero-order chi connectivity index (χ0) is 15.9. The molecule has 0 saturated heterocycles. The number of carbonyl (C=O) groups is 1. The molecule has 0 fully saturated rings. The Morgan fingerprint density at radius 2 is 2.23 bits per heavy atom. The van der Waals surface area contributed by atoms with Crippen molar-refractivity contribution in [3.8, 4) is 0 Å². The lowest BCUT2D eigenvalue weighted by Crippen LogP contribution is -2.39. The summed E-state index contributed by atoms with van der Waals surface area (Å²) in [6.07, 6.45) is 1.29. The van der Waals surface area contributed by atoms with Gasteiger partial charge in [0.2, 0.25) is 5.91 Å². The minimum atomic E-state index is -0.0827. The Balaban J connectivity index is 1.95. The molecule has 0 aromatic carbocycles. The highest BCUT2D eigenvalue weighted by atomic mass is 32.1. The molecule has 6 heteroatoms. The molecule has 1 unspecified atom stereocenters. The molecule has 1 aliphatic heterocycles. The molecule has 0 saturated carbocycles. The van der Waals surface area contributed by atoms with Gasteiger partial charge in [-0.25, -0.2) is 0 Å². The molecule has 2 rings (SSSR count). The standard InChI is InChI=1S/C16H26N2O3S/c1-17(2)6-7-18(8-10-20-3)15(19)12-14-16-13(4-9-21-14)5-11-22-16/h5,11,14H,4,6-10,12H2,1-3H3. The first-order valence-electron chi connectivity index (χ1n) is 7.71. The molecule has 0 bridgehead atoms. The summed E-state index contributed by atoms with van der Waals surface area (Å²) in [5, 5.41) is 2.09. The Morgan fingerprint density at radius 1 is 1.41 bits per heavy atom. The molecular formula is C16H26N2O3S. The van der Waals surface area contributed by atoms with Gasteiger partial charge in [-0.15, -0.1) is 11.3 Å². The Bertz CT molecular complexity index is 476. The third-order valence-electron chi connectivity index (χ3n) is 3.86. The van der Waals surface area contributed by atoms with E-state index in [9.17, 15) is 4.79 Å². The molecule has 22 heavy (non-hydrogen) atoms. The number of carbonyl (C=O) groups excluding carboxylic acids is 1. The number of nitrogens with zero attached hydrogens (tertiary/aromatic N) is 2. The van der Waals surface area contributed by atoms with Gasteiger partial charge in [0, 0.05) is 31.6 Å². The van der Waals surface area contributed by atoms with Crippen LogP contribution in [0.25, 0.3) is 0 Å². The van der Waals surface area contributed by atoms with Crippen molar-refractivity contribution >= 4 is 17.2 Å². The number of rotatable bonds is 8. The predicted octanol–water partition coefficient (Wildman–Crippen LogP) is 1.79. The monoisotopic (exact) mass is 326 g/mol. The lowest BCUT2D eigenvalue weighted by Gasteiger charge is -2.28. The van der Waals surface area contributed by atoms with E-state index in [1.165, 1.54) is 10.4 Å². The highest BCUT2D eigenvalue weighted by molar-refractivity contribution is 7.10. The van der Waals surface area contributed by atoms with Gasteiger partial charge in [-0.2, -0.15) is 0 Å². The molecule has 0 aliphatic carbocycles. The van der Waals surface area contributed by atoms with Gasteiger partial charge in [-0.1, -0.05) is 0 Å². The summed E-state index contributed by atoms with van der Waals surface area (Å²) in [4.78, 5) is 17.8. The van der Waals surface area contributed by atoms with E-state index in [-0.39, 0.29) is 12.0 Å². The van der Waals surface area contributed by atoms with Crippen molar-refractivity contribution in [3.63, 3.8) is 0 Å². The Labute approximate surface area is 136 Å². The lowest BCUT2D eigenvalue weighted by atomic mass is 10.1. The summed E-state index contributed by atoms with van der Waals surface area (Å²) in [7, 11) is 5.69. The second kappa shape index (κ2) is 8.62. The topological polar surface area (TPSA) is 42.0 Å². The molecule has 1 aromatic heterocycles. The lowest BCUT2D eigenvalue weighted by molar-refractivity contribution is -0.135. The molecule has 1 amide bonds. The van der Waals surface area contributed by atoms with Crippen LogP contribution in [0.4, 0.5) is 0 Å². The van der Waals surface area contributed by atoms with Gasteiger partial charge in [0.25, 0.3) is 0 Å². The largest absolute Gasteiger partial charge is 0.383 e. The van der Waals surface area contributed by atoms with Crippen molar-refractivity contribution in [1.29, 1.82) is 0 Å². The molecule has 124 valence electrons. The second-order valence-electron chi connectivity index (χ2n) is 5.80. The maximum Gasteiger partial charge on any atom is 0.225 e. The van der Waals surface area contributed by atoms with E-state index in [2.05, 4.69) is 16.3 Å². The number of thiophene rings is 1. The van der Waals surface area contributed by atoms with Crippen LogP contribution in [0.3, 0.4) is 0 Å². The molecule has 1 aliphatic rings. The number of amides is 1. The molecule has 0 N–H and O–H groups in total. The van der Waals surface area contributed by atoms with Crippen molar-refractivity contribution in [2.75, 3.05) is 54.1 Å². The van der Waals surface area contributed by atoms with E-state index in [1.54, 1.807) is 18.4 Å². The van der Waals surface area contributed by atoms with Crippen molar-refractivity contribution in [2.45, 2.75) is 18.9 Å². The molecule has 5 nitrogen and oxygen atoms in total. The quantitative estimate of drug-likeness (QED) is 0.730. The minimum Gasteiger partial charge on any atom is -0.383 e. The van der Waals surface area contributed by atoms with Gasteiger partial charge < -0.3 is 19.3 Å². The van der Waals surface area contributed by atoms with Crippen LogP contribution in [-0.4, -0.2) is 69.8 Å². The first-order valence-corrected chi connectivity index (χ1v) is 8.59. The van der Waals surface area contributed by atoms with Gasteiger partial charge in [-0.3, -0.25) is 4.79 Å². The number of likely N-dealkylation sites (N-methyl/N-ethyl adjacent to an activating group) is 1. The number of ether oxygens (including phenoxy) is 2. The van der Waals surface area contributed by atoms with Crippen molar-refractivity contribution < 1.29 is 14.3 Å². The normalized spacial score (nSPS) is 17.5. The average Bonchev–Trinajstić information content (AvgIpc) is 2.96. The maximum atomic E-state index is 12.6. The zero-order valence-electron chi connectivity index (χ0n) is 13.7. The van der Waals surface area contributed by atoms with Gasteiger partial charge in [0.05, 0.1) is 19.6 Å². The fourth-order valence-corrected chi connectivity index (χ4v) is 3.55. The van der Waals surface area contributed by atoms with E-state index < -0.39 is 0 Å². The predicted molar refractivity (Wildman–Crippen MR) is 88.3 cm³/mol. The number of fused-ring (bicyclic) bond motifs is 1. The van der Waals surface area contributed by atoms with Crippen LogP contribution in [0, 0.1) is 0 Å². The smallest absolute Gasteiger partial charge is 0.225 e. The van der Waals surface area contributed by atoms with Crippen LogP contribution in [-0.2, 0) is 20.7 Å². The Morgan fingerprint density at radius 3 is 2.95 bits per heavy atom. The molecular weight excluding hydrogens is 300 g/mol. The van der Waals surface area contributed by atoms with E-state index >= 15 is 0 Å². The first-order chi connectivity index (χ1) is 10.6. The fraction of sp³-hybridized carbons (Fsp3) is 0.688. The second-order valence-corrected chi connectivity index (χ2v) is 6.75. The van der Waals surface area contributed by atoms with Crippen molar-refractivity contribution in [1.82, 2.24) is 9.80 Å². The maximum absolute atomic E-state index is 12.6. The summed E-state index contributed by atoms with van der Waals surface area (Å²) >= 11 is 1.69. The fourth-order valence-electron chi connectivity index (χ4n) is 2.55. The minimum absolute atomic E-state index is 0.0827. The van der Waals surface area contributed by atoms with Crippen LogP contribution < -0.4 is 0 Å². The van der Waals surface area contributed by atoms with Crippen LogP contribution in [0.15, 0.2) is 11.4 Å². The third-order valence-corrected chi connectivity index (χ3v) is 4.91. The summed E-state index contributed by atoms with van der Waals surface area (Å²) in [5.41, 5.74) is 1.34. The summed E-state index contributed by atoms with van der Waals surface area (Å²) in [6.45, 7) is 3.48.